The van der Waals surface area contributed by atoms with Gasteiger partial charge in [-0.05, 0) is 50.4 Å². The highest BCUT2D eigenvalue weighted by molar-refractivity contribution is 9.11. The highest BCUT2D eigenvalue weighted by Gasteiger charge is 2.37. The van der Waals surface area contributed by atoms with E-state index in [1.165, 1.54) is 0 Å². The minimum absolute atomic E-state index is 0.432. The minimum atomic E-state index is -2.61. The number of ether oxygens (including phenoxy) is 2. The molecule has 22 heavy (non-hydrogen) atoms. The van der Waals surface area contributed by atoms with E-state index in [1.807, 2.05) is 12.1 Å². The summed E-state index contributed by atoms with van der Waals surface area (Å²) in [4.78, 5) is 0. The van der Waals surface area contributed by atoms with Crippen LogP contribution in [0.15, 0.2) is 21.1 Å². The van der Waals surface area contributed by atoms with Crippen LogP contribution in [-0.4, -0.2) is 43.3 Å². The maximum atomic E-state index is 5.80. The maximum Gasteiger partial charge on any atom is 0.503 e. The van der Waals surface area contributed by atoms with E-state index in [0.717, 1.165) is 26.9 Å². The summed E-state index contributed by atoms with van der Waals surface area (Å²) in [5, 5.41) is 0. The van der Waals surface area contributed by atoms with Gasteiger partial charge >= 0.3 is 8.80 Å². The molecule has 1 rings (SSSR count). The van der Waals surface area contributed by atoms with Gasteiger partial charge in [-0.25, -0.2) is 0 Å². The molecule has 0 unspecified atom stereocenters. The van der Waals surface area contributed by atoms with Gasteiger partial charge < -0.3 is 22.8 Å². The lowest BCUT2D eigenvalue weighted by Gasteiger charge is -2.24. The Labute approximate surface area is 149 Å². The molecule has 0 aliphatic rings. The van der Waals surface area contributed by atoms with E-state index < -0.39 is 8.80 Å². The first-order valence-electron chi connectivity index (χ1n) is 6.92. The monoisotopic (exact) mass is 456 g/mol. The molecule has 0 atom stereocenters. The molecule has 0 fully saturated rings. The Morgan fingerprint density at radius 2 is 1.32 bits per heavy atom. The standard InChI is InChI=1S/C14H22Br2O5Si/c1-5-6-20-13-9-12(16)14(10-11(13)15)21-7-8-22(17-2,18-3)19-4/h9-10H,5-8H2,1-4H3. The van der Waals surface area contributed by atoms with Crippen molar-refractivity contribution in [1.29, 1.82) is 0 Å². The molecule has 0 N–H and O–H groups in total. The third kappa shape index (κ3) is 5.50. The zero-order valence-corrected chi connectivity index (χ0v) is 17.5. The minimum Gasteiger partial charge on any atom is -0.492 e. The second-order valence-corrected chi connectivity index (χ2v) is 9.25. The van der Waals surface area contributed by atoms with Crippen molar-refractivity contribution in [1.82, 2.24) is 0 Å². The molecule has 0 saturated carbocycles. The van der Waals surface area contributed by atoms with Gasteiger partial charge in [0.2, 0.25) is 0 Å². The van der Waals surface area contributed by atoms with E-state index >= 15 is 0 Å². The van der Waals surface area contributed by atoms with E-state index in [4.69, 9.17) is 22.8 Å². The second-order valence-electron chi connectivity index (χ2n) is 4.46. The smallest absolute Gasteiger partial charge is 0.492 e. The average Bonchev–Trinajstić information content (AvgIpc) is 2.53. The van der Waals surface area contributed by atoms with Crippen LogP contribution in [0.3, 0.4) is 0 Å². The molecule has 1 aromatic carbocycles. The molecule has 126 valence electrons. The molecule has 0 radical (unpaired) electrons. The topological polar surface area (TPSA) is 46.2 Å². The van der Waals surface area contributed by atoms with Gasteiger partial charge in [0.15, 0.2) is 0 Å². The van der Waals surface area contributed by atoms with Crippen molar-refractivity contribution >= 4 is 40.7 Å². The first-order chi connectivity index (χ1) is 10.5. The molecule has 0 aliphatic carbocycles. The number of benzene rings is 1. The van der Waals surface area contributed by atoms with Crippen LogP contribution in [0.2, 0.25) is 6.04 Å². The van der Waals surface area contributed by atoms with E-state index in [9.17, 15) is 0 Å². The molecule has 5 nitrogen and oxygen atoms in total. The van der Waals surface area contributed by atoms with Gasteiger partial charge in [-0.15, -0.1) is 0 Å². The number of hydrogen-bond donors (Lipinski definition) is 0. The van der Waals surface area contributed by atoms with Gasteiger partial charge in [0.05, 0.1) is 28.2 Å². The Morgan fingerprint density at radius 1 is 0.864 bits per heavy atom. The molecule has 0 bridgehead atoms. The summed E-state index contributed by atoms with van der Waals surface area (Å²) < 4.78 is 29.2. The summed E-state index contributed by atoms with van der Waals surface area (Å²) in [7, 11) is 2.16. The molecule has 0 aliphatic heterocycles. The zero-order chi connectivity index (χ0) is 16.6. The highest BCUT2D eigenvalue weighted by Crippen LogP contribution is 2.36. The van der Waals surface area contributed by atoms with Crippen LogP contribution < -0.4 is 9.47 Å². The van der Waals surface area contributed by atoms with Gasteiger partial charge in [0.25, 0.3) is 0 Å². The van der Waals surface area contributed by atoms with Crippen LogP contribution in [-0.2, 0) is 13.3 Å². The number of hydrogen-bond acceptors (Lipinski definition) is 5. The molecule has 0 amide bonds. The van der Waals surface area contributed by atoms with Crippen LogP contribution in [0.1, 0.15) is 13.3 Å². The summed E-state index contributed by atoms with van der Waals surface area (Å²) in [5.41, 5.74) is 0. The second kappa shape index (κ2) is 9.89. The zero-order valence-electron chi connectivity index (χ0n) is 13.3. The lowest BCUT2D eigenvalue weighted by atomic mass is 10.3. The average molecular weight is 458 g/mol. The fraction of sp³-hybridized carbons (Fsp3) is 0.571. The summed E-state index contributed by atoms with van der Waals surface area (Å²) >= 11 is 6.99. The normalized spacial score (nSPS) is 11.5. The Kier molecular flexibility index (Phi) is 8.96. The molecule has 0 saturated heterocycles. The Bertz CT molecular complexity index is 461. The first kappa shape index (κ1) is 19.9. The Balaban J connectivity index is 2.68. The lowest BCUT2D eigenvalue weighted by Crippen LogP contribution is -2.44. The summed E-state index contributed by atoms with van der Waals surface area (Å²) in [5.74, 6) is 1.51. The molecular formula is C14H22Br2O5Si. The van der Waals surface area contributed by atoms with Gasteiger partial charge in [-0.1, -0.05) is 6.92 Å². The van der Waals surface area contributed by atoms with Gasteiger partial charge in [0.1, 0.15) is 11.5 Å². The SMILES string of the molecule is CCCOc1cc(Br)c(OCC[Si](OC)(OC)OC)cc1Br. The van der Waals surface area contributed by atoms with Crippen molar-refractivity contribution < 1.29 is 22.8 Å². The van der Waals surface area contributed by atoms with Crippen molar-refractivity contribution in [3.8, 4) is 11.5 Å². The molecule has 1 aromatic rings. The van der Waals surface area contributed by atoms with Crippen LogP contribution in [0.5, 0.6) is 11.5 Å². The molecule has 0 spiro atoms. The van der Waals surface area contributed by atoms with E-state index in [-0.39, 0.29) is 0 Å². The van der Waals surface area contributed by atoms with Crippen molar-refractivity contribution in [3.63, 3.8) is 0 Å². The van der Waals surface area contributed by atoms with E-state index in [1.54, 1.807) is 21.3 Å². The van der Waals surface area contributed by atoms with Gasteiger partial charge in [-0.3, -0.25) is 0 Å². The van der Waals surface area contributed by atoms with Crippen molar-refractivity contribution in [2.45, 2.75) is 19.4 Å². The van der Waals surface area contributed by atoms with Crippen LogP contribution in [0.4, 0.5) is 0 Å². The fourth-order valence-corrected chi connectivity index (χ4v) is 4.12. The number of halogens is 2. The maximum absolute atomic E-state index is 5.80. The molecule has 0 heterocycles. The number of rotatable bonds is 10. The van der Waals surface area contributed by atoms with E-state index in [0.29, 0.717) is 19.3 Å². The molecule has 8 heteroatoms. The predicted octanol–water partition coefficient (Wildman–Crippen LogP) is 4.26. The highest BCUT2D eigenvalue weighted by atomic mass is 79.9. The van der Waals surface area contributed by atoms with Crippen LogP contribution in [0.25, 0.3) is 0 Å². The van der Waals surface area contributed by atoms with Gasteiger partial charge in [0, 0.05) is 21.3 Å². The third-order valence-corrected chi connectivity index (χ3v) is 6.97. The Morgan fingerprint density at radius 3 is 1.73 bits per heavy atom. The Hall–Kier alpha value is -0.123. The summed E-state index contributed by atoms with van der Waals surface area (Å²) in [6.07, 6.45) is 0.958. The summed E-state index contributed by atoms with van der Waals surface area (Å²) in [6.45, 7) is 3.18. The van der Waals surface area contributed by atoms with Crippen LogP contribution in [0, 0.1) is 0 Å². The molecular weight excluding hydrogens is 436 g/mol. The van der Waals surface area contributed by atoms with Crippen molar-refractivity contribution in [3.05, 3.63) is 21.1 Å². The van der Waals surface area contributed by atoms with Crippen LogP contribution >= 0.6 is 31.9 Å². The summed E-state index contributed by atoms with van der Waals surface area (Å²) in [6, 6.07) is 4.34. The third-order valence-electron chi connectivity index (χ3n) is 3.05. The predicted molar refractivity (Wildman–Crippen MR) is 94.7 cm³/mol. The largest absolute Gasteiger partial charge is 0.503 e. The first-order valence-corrected chi connectivity index (χ1v) is 10.4. The van der Waals surface area contributed by atoms with Crippen molar-refractivity contribution in [2.75, 3.05) is 34.5 Å². The van der Waals surface area contributed by atoms with Gasteiger partial charge in [-0.2, -0.15) is 0 Å². The quantitative estimate of drug-likeness (QED) is 0.491. The molecule has 0 aromatic heterocycles. The fourth-order valence-electron chi connectivity index (χ4n) is 1.79. The van der Waals surface area contributed by atoms with Crippen molar-refractivity contribution in [2.24, 2.45) is 0 Å². The van der Waals surface area contributed by atoms with E-state index in [2.05, 4.69) is 38.8 Å². The lowest BCUT2D eigenvalue weighted by molar-refractivity contribution is 0.117.